The van der Waals surface area contributed by atoms with Crippen LogP contribution in [0.2, 0.25) is 0 Å². The van der Waals surface area contributed by atoms with Crippen molar-refractivity contribution in [1.29, 1.82) is 0 Å². The summed E-state index contributed by atoms with van der Waals surface area (Å²) in [7, 11) is 0. The van der Waals surface area contributed by atoms with Crippen LogP contribution < -0.4 is 5.56 Å². The highest BCUT2D eigenvalue weighted by atomic mass is 32.1. The number of hydrogen-bond acceptors (Lipinski definition) is 4. The molecule has 0 amide bonds. The van der Waals surface area contributed by atoms with Crippen molar-refractivity contribution in [2.24, 2.45) is 0 Å². The highest BCUT2D eigenvalue weighted by Crippen LogP contribution is 2.30. The van der Waals surface area contributed by atoms with E-state index in [-0.39, 0.29) is 11.4 Å². The van der Waals surface area contributed by atoms with Gasteiger partial charge in [-0.3, -0.25) is 14.3 Å². The van der Waals surface area contributed by atoms with Crippen LogP contribution in [0.25, 0.3) is 21.3 Å². The third kappa shape index (κ3) is 3.08. The third-order valence-corrected chi connectivity index (χ3v) is 4.99. The minimum Gasteiger partial charge on any atom is -0.298 e. The van der Waals surface area contributed by atoms with Gasteiger partial charge in [-0.15, -0.1) is 11.3 Å². The fourth-order valence-electron chi connectivity index (χ4n) is 2.77. The number of pyridine rings is 1. The molecule has 0 saturated carbocycles. The van der Waals surface area contributed by atoms with E-state index in [2.05, 4.69) is 9.97 Å². The number of aryl methyl sites for hydroxylation is 2. The van der Waals surface area contributed by atoms with Gasteiger partial charge in [0.25, 0.3) is 5.56 Å². The lowest BCUT2D eigenvalue weighted by molar-refractivity contribution is 0.628. The van der Waals surface area contributed by atoms with Crippen molar-refractivity contribution in [3.8, 4) is 11.1 Å². The second-order valence-electron chi connectivity index (χ2n) is 5.69. The van der Waals surface area contributed by atoms with E-state index in [1.54, 1.807) is 35.4 Å². The number of rotatable bonds is 4. The summed E-state index contributed by atoms with van der Waals surface area (Å²) in [6.07, 6.45) is 5.80. The molecule has 0 aliphatic carbocycles. The summed E-state index contributed by atoms with van der Waals surface area (Å²) in [4.78, 5) is 22.0. The van der Waals surface area contributed by atoms with Gasteiger partial charge in [0.1, 0.15) is 10.6 Å². The fourth-order valence-corrected chi connectivity index (χ4v) is 3.67. The number of nitrogens with zero attached hydrogens (tertiary/aromatic N) is 3. The van der Waals surface area contributed by atoms with Crippen LogP contribution in [-0.4, -0.2) is 14.5 Å². The van der Waals surface area contributed by atoms with E-state index in [1.165, 1.54) is 23.5 Å². The van der Waals surface area contributed by atoms with Crippen LogP contribution in [0.3, 0.4) is 0 Å². The van der Waals surface area contributed by atoms with Crippen LogP contribution in [0.4, 0.5) is 4.39 Å². The number of fused-ring (bicyclic) bond motifs is 1. The average Bonchev–Trinajstić information content (AvgIpc) is 3.08. The molecule has 1 aromatic carbocycles. The monoisotopic (exact) mass is 351 g/mol. The lowest BCUT2D eigenvalue weighted by Gasteiger charge is -2.06. The van der Waals surface area contributed by atoms with E-state index in [0.717, 1.165) is 23.1 Å². The van der Waals surface area contributed by atoms with Crippen LogP contribution >= 0.6 is 11.3 Å². The standard InChI is InChI=1S/C19H14FN3OS/c20-15-3-1-14(2-4-15)16-11-25-18-17(16)19(24)23(12-22-18)10-7-13-5-8-21-9-6-13/h1-6,8-9,11-12H,7,10H2. The van der Waals surface area contributed by atoms with E-state index >= 15 is 0 Å². The zero-order valence-electron chi connectivity index (χ0n) is 13.2. The quantitative estimate of drug-likeness (QED) is 0.560. The van der Waals surface area contributed by atoms with Gasteiger partial charge in [0.05, 0.1) is 11.7 Å². The summed E-state index contributed by atoms with van der Waals surface area (Å²) in [6.45, 7) is 0.546. The maximum absolute atomic E-state index is 13.2. The number of aromatic nitrogens is 3. The number of halogens is 1. The van der Waals surface area contributed by atoms with Crippen molar-refractivity contribution < 1.29 is 4.39 Å². The maximum atomic E-state index is 13.2. The van der Waals surface area contributed by atoms with Crippen LogP contribution in [0.5, 0.6) is 0 Å². The van der Waals surface area contributed by atoms with Gasteiger partial charge in [-0.25, -0.2) is 9.37 Å². The van der Waals surface area contributed by atoms with E-state index < -0.39 is 0 Å². The van der Waals surface area contributed by atoms with Gasteiger partial charge < -0.3 is 0 Å². The van der Waals surface area contributed by atoms with Gasteiger partial charge in [0, 0.05) is 29.9 Å². The molecule has 0 radical (unpaired) electrons. The summed E-state index contributed by atoms with van der Waals surface area (Å²) in [5, 5.41) is 2.49. The van der Waals surface area contributed by atoms with Crippen LogP contribution in [0, 0.1) is 5.82 Å². The molecule has 0 aliphatic rings. The van der Waals surface area contributed by atoms with Gasteiger partial charge >= 0.3 is 0 Å². The molecule has 3 heterocycles. The Morgan fingerprint density at radius 1 is 1.08 bits per heavy atom. The lowest BCUT2D eigenvalue weighted by atomic mass is 10.1. The molecule has 25 heavy (non-hydrogen) atoms. The Labute approximate surface area is 147 Å². The third-order valence-electron chi connectivity index (χ3n) is 4.11. The summed E-state index contributed by atoms with van der Waals surface area (Å²) in [5.74, 6) is -0.295. The van der Waals surface area contributed by atoms with Crippen molar-refractivity contribution in [1.82, 2.24) is 14.5 Å². The molecule has 4 rings (SSSR count). The highest BCUT2D eigenvalue weighted by molar-refractivity contribution is 7.17. The Bertz CT molecular complexity index is 1070. The summed E-state index contributed by atoms with van der Waals surface area (Å²) in [6, 6.07) is 10.0. The van der Waals surface area contributed by atoms with E-state index in [1.807, 2.05) is 17.5 Å². The molecule has 3 aromatic heterocycles. The Morgan fingerprint density at radius 3 is 2.60 bits per heavy atom. The summed E-state index contributed by atoms with van der Waals surface area (Å²) >= 11 is 1.42. The lowest BCUT2D eigenvalue weighted by Crippen LogP contribution is -2.21. The molecule has 6 heteroatoms. The predicted octanol–water partition coefficient (Wildman–Crippen LogP) is 3.90. The van der Waals surface area contributed by atoms with Crippen molar-refractivity contribution >= 4 is 21.6 Å². The number of hydrogen-bond donors (Lipinski definition) is 0. The van der Waals surface area contributed by atoms with Crippen molar-refractivity contribution in [3.05, 3.63) is 82.2 Å². The molecule has 0 spiro atoms. The Kier molecular flexibility index (Phi) is 4.11. The fraction of sp³-hybridized carbons (Fsp3) is 0.105. The topological polar surface area (TPSA) is 47.8 Å². The number of thiophene rings is 1. The van der Waals surface area contributed by atoms with Crippen LogP contribution in [0.1, 0.15) is 5.56 Å². The van der Waals surface area contributed by atoms with Gasteiger partial charge in [-0.2, -0.15) is 0 Å². The normalized spacial score (nSPS) is 11.1. The second kappa shape index (κ2) is 6.57. The van der Waals surface area contributed by atoms with Gasteiger partial charge in [0.15, 0.2) is 0 Å². The van der Waals surface area contributed by atoms with Crippen molar-refractivity contribution in [3.63, 3.8) is 0 Å². The smallest absolute Gasteiger partial charge is 0.262 e. The molecular weight excluding hydrogens is 337 g/mol. The number of benzene rings is 1. The minimum absolute atomic E-state index is 0.0698. The molecule has 0 saturated heterocycles. The van der Waals surface area contributed by atoms with Gasteiger partial charge in [-0.1, -0.05) is 12.1 Å². The summed E-state index contributed by atoms with van der Waals surface area (Å²) < 4.78 is 14.8. The average molecular weight is 351 g/mol. The molecule has 124 valence electrons. The first kappa shape index (κ1) is 15.7. The molecular formula is C19H14FN3OS. The van der Waals surface area contributed by atoms with E-state index in [0.29, 0.717) is 16.8 Å². The van der Waals surface area contributed by atoms with Crippen LogP contribution in [-0.2, 0) is 13.0 Å². The highest BCUT2D eigenvalue weighted by Gasteiger charge is 2.13. The summed E-state index contributed by atoms with van der Waals surface area (Å²) in [5.41, 5.74) is 2.67. The second-order valence-corrected chi connectivity index (χ2v) is 6.54. The first-order valence-corrected chi connectivity index (χ1v) is 8.72. The molecule has 0 N–H and O–H groups in total. The first-order chi connectivity index (χ1) is 12.2. The van der Waals surface area contributed by atoms with Crippen molar-refractivity contribution in [2.45, 2.75) is 13.0 Å². The molecule has 4 aromatic rings. The Morgan fingerprint density at radius 2 is 1.84 bits per heavy atom. The molecule has 0 fully saturated rings. The van der Waals surface area contributed by atoms with Gasteiger partial charge in [-0.05, 0) is 41.8 Å². The molecule has 4 nitrogen and oxygen atoms in total. The van der Waals surface area contributed by atoms with Crippen LogP contribution in [0.15, 0.2) is 65.3 Å². The maximum Gasteiger partial charge on any atom is 0.262 e. The van der Waals surface area contributed by atoms with E-state index in [4.69, 9.17) is 0 Å². The van der Waals surface area contributed by atoms with Gasteiger partial charge in [0.2, 0.25) is 0 Å². The minimum atomic E-state index is -0.295. The van der Waals surface area contributed by atoms with Crippen molar-refractivity contribution in [2.75, 3.05) is 0 Å². The molecule has 0 unspecified atom stereocenters. The first-order valence-electron chi connectivity index (χ1n) is 7.84. The van der Waals surface area contributed by atoms with E-state index in [9.17, 15) is 9.18 Å². The zero-order chi connectivity index (χ0) is 17.2. The zero-order valence-corrected chi connectivity index (χ0v) is 14.0. The molecule has 0 aliphatic heterocycles. The largest absolute Gasteiger partial charge is 0.298 e. The predicted molar refractivity (Wildman–Crippen MR) is 97.2 cm³/mol. The molecule has 0 bridgehead atoms. The Balaban J connectivity index is 1.73. The Hall–Kier alpha value is -2.86. The molecule has 0 atom stereocenters. The SMILES string of the molecule is O=c1c2c(-c3ccc(F)cc3)csc2ncn1CCc1ccncc1.